The van der Waals surface area contributed by atoms with Gasteiger partial charge in [0.2, 0.25) is 0 Å². The van der Waals surface area contributed by atoms with E-state index in [0.717, 1.165) is 18.4 Å². The summed E-state index contributed by atoms with van der Waals surface area (Å²) in [6.45, 7) is 4.39. The first kappa shape index (κ1) is 11.6. The minimum Gasteiger partial charge on any atom is -0.508 e. The quantitative estimate of drug-likeness (QED) is 0.815. The van der Waals surface area contributed by atoms with E-state index in [1.807, 2.05) is 19.1 Å². The van der Waals surface area contributed by atoms with E-state index in [0.29, 0.717) is 12.5 Å². The third-order valence-electron chi connectivity index (χ3n) is 4.70. The SMILES string of the molecule is CCOC(=O)[C@H]1[C@@H](C)[C@]12CCc1ccc(O)cc12. The number of fused-ring (bicyclic) bond motifs is 2. The van der Waals surface area contributed by atoms with Crippen LogP contribution in [0.2, 0.25) is 0 Å². The molecule has 1 spiro atoms. The number of phenols is 1. The third kappa shape index (κ3) is 1.33. The molecule has 96 valence electrons. The maximum absolute atomic E-state index is 12.0. The Hall–Kier alpha value is -1.51. The maximum Gasteiger partial charge on any atom is 0.310 e. The second kappa shape index (κ2) is 3.74. The van der Waals surface area contributed by atoms with Crippen molar-refractivity contribution in [1.29, 1.82) is 0 Å². The van der Waals surface area contributed by atoms with Gasteiger partial charge in [0.1, 0.15) is 5.75 Å². The highest BCUT2D eigenvalue weighted by Gasteiger charge is 2.68. The lowest BCUT2D eigenvalue weighted by atomic mass is 9.93. The van der Waals surface area contributed by atoms with Gasteiger partial charge in [-0.05, 0) is 48.9 Å². The Bertz CT molecular complexity index is 508. The Balaban J connectivity index is 1.96. The number of hydrogen-bond donors (Lipinski definition) is 1. The Kier molecular flexibility index (Phi) is 2.40. The average molecular weight is 246 g/mol. The molecule has 1 aromatic carbocycles. The molecule has 1 fully saturated rings. The zero-order chi connectivity index (χ0) is 12.9. The summed E-state index contributed by atoms with van der Waals surface area (Å²) in [5, 5.41) is 9.65. The van der Waals surface area contributed by atoms with Crippen molar-refractivity contribution in [3.05, 3.63) is 29.3 Å². The number of aromatic hydroxyl groups is 1. The molecule has 2 aliphatic carbocycles. The van der Waals surface area contributed by atoms with Crippen molar-refractivity contribution in [1.82, 2.24) is 0 Å². The fourth-order valence-electron chi connectivity index (χ4n) is 3.76. The van der Waals surface area contributed by atoms with Crippen molar-refractivity contribution in [2.45, 2.75) is 32.1 Å². The number of ether oxygens (including phenoxy) is 1. The van der Waals surface area contributed by atoms with Crippen molar-refractivity contribution >= 4 is 5.97 Å². The van der Waals surface area contributed by atoms with Gasteiger partial charge >= 0.3 is 5.97 Å². The van der Waals surface area contributed by atoms with Crippen molar-refractivity contribution in [3.63, 3.8) is 0 Å². The fraction of sp³-hybridized carbons (Fsp3) is 0.533. The number of carbonyl (C=O) groups is 1. The van der Waals surface area contributed by atoms with Crippen LogP contribution in [0.15, 0.2) is 18.2 Å². The maximum atomic E-state index is 12.0. The lowest BCUT2D eigenvalue weighted by Crippen LogP contribution is -2.15. The van der Waals surface area contributed by atoms with Crippen LogP contribution in [0.25, 0.3) is 0 Å². The predicted molar refractivity (Wildman–Crippen MR) is 67.4 cm³/mol. The minimum atomic E-state index is -0.0822. The van der Waals surface area contributed by atoms with E-state index in [1.165, 1.54) is 5.56 Å². The molecule has 0 aromatic heterocycles. The van der Waals surface area contributed by atoms with E-state index in [1.54, 1.807) is 6.07 Å². The van der Waals surface area contributed by atoms with E-state index < -0.39 is 0 Å². The number of hydrogen-bond acceptors (Lipinski definition) is 3. The van der Waals surface area contributed by atoms with Gasteiger partial charge in [0.25, 0.3) is 0 Å². The largest absolute Gasteiger partial charge is 0.508 e. The van der Waals surface area contributed by atoms with Crippen LogP contribution < -0.4 is 0 Å². The monoisotopic (exact) mass is 246 g/mol. The zero-order valence-electron chi connectivity index (χ0n) is 10.8. The average Bonchev–Trinajstić information content (AvgIpc) is 2.75. The van der Waals surface area contributed by atoms with E-state index in [2.05, 4.69) is 6.92 Å². The molecule has 1 N–H and O–H groups in total. The highest BCUT2D eigenvalue weighted by Crippen LogP contribution is 2.66. The summed E-state index contributed by atoms with van der Waals surface area (Å²) in [6, 6.07) is 5.54. The Labute approximate surface area is 107 Å². The van der Waals surface area contributed by atoms with Crippen LogP contribution in [-0.2, 0) is 21.4 Å². The van der Waals surface area contributed by atoms with Crippen LogP contribution in [0, 0.1) is 11.8 Å². The standard InChI is InChI=1S/C15H18O3/c1-3-18-14(17)13-9(2)15(13)7-6-10-4-5-11(16)8-12(10)15/h4-5,8-9,13,16H,3,6-7H2,1-2H3/t9-,13-,15+/m1/s1. The molecule has 1 aromatic rings. The molecule has 1 saturated carbocycles. The molecular weight excluding hydrogens is 228 g/mol. The van der Waals surface area contributed by atoms with Gasteiger partial charge in [0.05, 0.1) is 12.5 Å². The molecule has 3 rings (SSSR count). The van der Waals surface area contributed by atoms with Gasteiger partial charge in [-0.3, -0.25) is 4.79 Å². The minimum absolute atomic E-state index is 0.0273. The summed E-state index contributed by atoms with van der Waals surface area (Å²) in [6.07, 6.45) is 1.99. The first-order valence-corrected chi connectivity index (χ1v) is 6.60. The molecule has 0 unspecified atom stereocenters. The summed E-state index contributed by atoms with van der Waals surface area (Å²) in [7, 11) is 0. The van der Waals surface area contributed by atoms with Crippen LogP contribution in [-0.4, -0.2) is 17.7 Å². The van der Waals surface area contributed by atoms with Gasteiger partial charge in [0, 0.05) is 5.41 Å². The Morgan fingerprint density at radius 3 is 3.06 bits per heavy atom. The molecule has 3 atom stereocenters. The predicted octanol–water partition coefficient (Wildman–Crippen LogP) is 2.41. The molecule has 2 aliphatic rings. The summed E-state index contributed by atoms with van der Waals surface area (Å²) in [5.74, 6) is 0.498. The van der Waals surface area contributed by atoms with E-state index in [9.17, 15) is 9.90 Å². The molecule has 0 bridgehead atoms. The second-order valence-corrected chi connectivity index (χ2v) is 5.40. The van der Waals surface area contributed by atoms with Crippen LogP contribution in [0.1, 0.15) is 31.4 Å². The van der Waals surface area contributed by atoms with E-state index in [-0.39, 0.29) is 23.1 Å². The van der Waals surface area contributed by atoms with Gasteiger partial charge in [-0.2, -0.15) is 0 Å². The van der Waals surface area contributed by atoms with Gasteiger partial charge < -0.3 is 9.84 Å². The first-order chi connectivity index (χ1) is 8.61. The number of benzene rings is 1. The lowest BCUT2D eigenvalue weighted by Gasteiger charge is -2.11. The molecular formula is C15H18O3. The third-order valence-corrected chi connectivity index (χ3v) is 4.70. The van der Waals surface area contributed by atoms with Gasteiger partial charge in [0.15, 0.2) is 0 Å². The molecule has 0 heterocycles. The smallest absolute Gasteiger partial charge is 0.310 e. The van der Waals surface area contributed by atoms with Crippen molar-refractivity contribution < 1.29 is 14.6 Å². The van der Waals surface area contributed by atoms with Gasteiger partial charge in [-0.15, -0.1) is 0 Å². The normalized spacial score (nSPS) is 32.3. The van der Waals surface area contributed by atoms with Crippen LogP contribution in [0.3, 0.4) is 0 Å². The van der Waals surface area contributed by atoms with Gasteiger partial charge in [-0.25, -0.2) is 0 Å². The fourth-order valence-corrected chi connectivity index (χ4v) is 3.76. The number of aryl methyl sites for hydroxylation is 1. The molecule has 0 saturated heterocycles. The highest BCUT2D eigenvalue weighted by atomic mass is 16.5. The van der Waals surface area contributed by atoms with E-state index in [4.69, 9.17) is 4.74 Å². The second-order valence-electron chi connectivity index (χ2n) is 5.40. The molecule has 3 nitrogen and oxygen atoms in total. The Morgan fingerprint density at radius 1 is 1.56 bits per heavy atom. The summed E-state index contributed by atoms with van der Waals surface area (Å²) in [4.78, 5) is 12.0. The zero-order valence-corrected chi connectivity index (χ0v) is 10.8. The molecule has 3 heteroatoms. The Morgan fingerprint density at radius 2 is 2.33 bits per heavy atom. The van der Waals surface area contributed by atoms with Crippen molar-refractivity contribution in [2.24, 2.45) is 11.8 Å². The van der Waals surface area contributed by atoms with Crippen LogP contribution in [0.4, 0.5) is 0 Å². The number of carbonyl (C=O) groups excluding carboxylic acids is 1. The first-order valence-electron chi connectivity index (χ1n) is 6.60. The van der Waals surface area contributed by atoms with Crippen molar-refractivity contribution in [2.75, 3.05) is 6.61 Å². The molecule has 0 amide bonds. The van der Waals surface area contributed by atoms with E-state index >= 15 is 0 Å². The molecule has 0 aliphatic heterocycles. The lowest BCUT2D eigenvalue weighted by molar-refractivity contribution is -0.145. The number of phenolic OH excluding ortho intramolecular Hbond substituents is 1. The number of rotatable bonds is 2. The number of esters is 1. The highest BCUT2D eigenvalue weighted by molar-refractivity contribution is 5.81. The van der Waals surface area contributed by atoms with Crippen LogP contribution in [0.5, 0.6) is 5.75 Å². The van der Waals surface area contributed by atoms with Crippen molar-refractivity contribution in [3.8, 4) is 5.75 Å². The molecule has 0 radical (unpaired) electrons. The summed E-state index contributed by atoms with van der Waals surface area (Å²) in [5.41, 5.74) is 2.36. The van der Waals surface area contributed by atoms with Gasteiger partial charge in [-0.1, -0.05) is 13.0 Å². The molecule has 18 heavy (non-hydrogen) atoms. The summed E-state index contributed by atoms with van der Waals surface area (Å²) >= 11 is 0. The summed E-state index contributed by atoms with van der Waals surface area (Å²) < 4.78 is 5.17. The van der Waals surface area contributed by atoms with Crippen LogP contribution >= 0.6 is 0 Å². The topological polar surface area (TPSA) is 46.5 Å².